The van der Waals surface area contributed by atoms with E-state index in [2.05, 4.69) is 20.6 Å². The van der Waals surface area contributed by atoms with E-state index in [1.165, 1.54) is 18.3 Å². The van der Waals surface area contributed by atoms with Crippen molar-refractivity contribution in [2.75, 3.05) is 31.3 Å². The van der Waals surface area contributed by atoms with Crippen LogP contribution in [-0.4, -0.2) is 46.5 Å². The van der Waals surface area contributed by atoms with Crippen molar-refractivity contribution in [1.29, 1.82) is 0 Å². The van der Waals surface area contributed by atoms with Crippen molar-refractivity contribution in [2.45, 2.75) is 24.9 Å². The number of likely N-dealkylation sites (N-methyl/N-ethyl adjacent to an activating group) is 1. The summed E-state index contributed by atoms with van der Waals surface area (Å²) in [4.78, 5) is 20.9. The van der Waals surface area contributed by atoms with Gasteiger partial charge in [-0.1, -0.05) is 12.1 Å². The Hall–Kier alpha value is -2.81. The van der Waals surface area contributed by atoms with Gasteiger partial charge in [-0.3, -0.25) is 10.1 Å². The molecule has 3 rings (SSSR count). The van der Waals surface area contributed by atoms with E-state index in [0.29, 0.717) is 12.5 Å². The van der Waals surface area contributed by atoms with E-state index in [0.717, 1.165) is 18.4 Å². The molecule has 0 bridgehead atoms. The van der Waals surface area contributed by atoms with Gasteiger partial charge in [-0.15, -0.1) is 0 Å². The molecule has 9 heteroatoms. The van der Waals surface area contributed by atoms with Crippen LogP contribution in [0.25, 0.3) is 0 Å². The van der Waals surface area contributed by atoms with E-state index >= 15 is 0 Å². The number of rotatable bonds is 8. The second-order valence-corrected chi connectivity index (χ2v) is 6.52. The fraction of sp³-hybridized carbons (Fsp3) is 0.412. The lowest BCUT2D eigenvalue weighted by atomic mass is 10.1. The average molecular weight is 360 g/mol. The highest BCUT2D eigenvalue weighted by atomic mass is 19.1. The zero-order valence-corrected chi connectivity index (χ0v) is 14.6. The third-order valence-corrected chi connectivity index (χ3v) is 4.22. The lowest BCUT2D eigenvalue weighted by Crippen LogP contribution is -2.27. The molecule has 26 heavy (non-hydrogen) atoms. The van der Waals surface area contributed by atoms with Gasteiger partial charge in [0, 0.05) is 12.6 Å². The maximum atomic E-state index is 13.1. The molecule has 1 fully saturated rings. The molecule has 0 amide bonds. The summed E-state index contributed by atoms with van der Waals surface area (Å²) in [6, 6.07) is 6.52. The summed E-state index contributed by atoms with van der Waals surface area (Å²) in [6.07, 6.45) is 3.18. The number of hydrogen-bond acceptors (Lipinski definition) is 7. The summed E-state index contributed by atoms with van der Waals surface area (Å²) >= 11 is 0. The minimum Gasteiger partial charge on any atom is -0.361 e. The van der Waals surface area contributed by atoms with Gasteiger partial charge in [-0.25, -0.2) is 9.37 Å². The van der Waals surface area contributed by atoms with E-state index in [4.69, 9.17) is 0 Å². The molecule has 1 saturated carbocycles. The molecular weight excluding hydrogens is 339 g/mol. The van der Waals surface area contributed by atoms with Crippen LogP contribution in [-0.2, 0) is 0 Å². The fourth-order valence-electron chi connectivity index (χ4n) is 2.59. The first-order valence-corrected chi connectivity index (χ1v) is 8.38. The molecule has 1 heterocycles. The van der Waals surface area contributed by atoms with Crippen molar-refractivity contribution in [2.24, 2.45) is 0 Å². The minimum absolute atomic E-state index is 0.0331. The van der Waals surface area contributed by atoms with Crippen LogP contribution in [0.5, 0.6) is 0 Å². The molecule has 0 saturated heterocycles. The van der Waals surface area contributed by atoms with E-state index in [1.54, 1.807) is 12.1 Å². The zero-order chi connectivity index (χ0) is 18.7. The third kappa shape index (κ3) is 4.42. The molecule has 138 valence electrons. The molecular formula is C17H21FN6O2. The number of aromatic nitrogens is 2. The van der Waals surface area contributed by atoms with Gasteiger partial charge in [-0.2, -0.15) is 4.98 Å². The normalized spacial score (nSPS) is 14.9. The minimum atomic E-state index is -0.490. The van der Waals surface area contributed by atoms with Gasteiger partial charge in [0.05, 0.1) is 11.0 Å². The topological polar surface area (TPSA) is 96.2 Å². The quantitative estimate of drug-likeness (QED) is 0.552. The van der Waals surface area contributed by atoms with Gasteiger partial charge in [0.25, 0.3) is 0 Å². The number of nitrogens with zero attached hydrogens (tertiary/aromatic N) is 4. The Balaban J connectivity index is 1.74. The van der Waals surface area contributed by atoms with Crippen LogP contribution in [0.1, 0.15) is 24.4 Å². The molecule has 0 radical (unpaired) electrons. The van der Waals surface area contributed by atoms with Gasteiger partial charge in [-0.05, 0) is 44.6 Å². The molecule has 1 aliphatic carbocycles. The van der Waals surface area contributed by atoms with Gasteiger partial charge in [0.1, 0.15) is 12.0 Å². The van der Waals surface area contributed by atoms with Crippen LogP contribution >= 0.6 is 0 Å². The van der Waals surface area contributed by atoms with Crippen molar-refractivity contribution in [3.8, 4) is 0 Å². The van der Waals surface area contributed by atoms with Gasteiger partial charge in [0.2, 0.25) is 11.8 Å². The van der Waals surface area contributed by atoms with Crippen molar-refractivity contribution in [1.82, 2.24) is 14.9 Å². The number of anilines is 2. The highest BCUT2D eigenvalue weighted by Crippen LogP contribution is 2.29. The predicted molar refractivity (Wildman–Crippen MR) is 96.6 cm³/mol. The van der Waals surface area contributed by atoms with E-state index in [9.17, 15) is 14.5 Å². The molecule has 2 aromatic rings. The molecule has 0 spiro atoms. The Labute approximate surface area is 150 Å². The largest absolute Gasteiger partial charge is 0.361 e. The number of nitro groups is 1. The number of hydrogen-bond donors (Lipinski definition) is 2. The SMILES string of the molecule is CN(C)[C@H](CNc1ncc([N+](=O)[O-])c(NC2CC2)n1)c1ccc(F)cc1. The highest BCUT2D eigenvalue weighted by Gasteiger charge is 2.26. The summed E-state index contributed by atoms with van der Waals surface area (Å²) in [7, 11) is 3.85. The smallest absolute Gasteiger partial charge is 0.329 e. The first kappa shape index (κ1) is 18.0. The number of nitrogens with one attached hydrogen (secondary N) is 2. The third-order valence-electron chi connectivity index (χ3n) is 4.22. The van der Waals surface area contributed by atoms with Crippen LogP contribution in [0.4, 0.5) is 21.8 Å². The average Bonchev–Trinajstić information content (AvgIpc) is 3.40. The van der Waals surface area contributed by atoms with Crippen molar-refractivity contribution >= 4 is 17.5 Å². The van der Waals surface area contributed by atoms with Crippen molar-refractivity contribution < 1.29 is 9.31 Å². The Morgan fingerprint density at radius 3 is 2.62 bits per heavy atom. The molecule has 0 aliphatic heterocycles. The molecule has 1 aromatic heterocycles. The van der Waals surface area contributed by atoms with E-state index in [1.807, 2.05) is 19.0 Å². The zero-order valence-electron chi connectivity index (χ0n) is 14.6. The predicted octanol–water partition coefficient (Wildman–Crippen LogP) is 2.81. The lowest BCUT2D eigenvalue weighted by Gasteiger charge is -2.25. The summed E-state index contributed by atoms with van der Waals surface area (Å²) < 4.78 is 13.1. The van der Waals surface area contributed by atoms with Crippen molar-refractivity contribution in [3.63, 3.8) is 0 Å². The van der Waals surface area contributed by atoms with Crippen LogP contribution in [0.2, 0.25) is 0 Å². The molecule has 1 atom stereocenters. The molecule has 0 unspecified atom stereocenters. The standard InChI is InChI=1S/C17H21FN6O2/c1-23(2)14(11-3-5-12(18)6-4-11)9-19-17-20-10-15(24(25)26)16(22-17)21-13-7-8-13/h3-6,10,13-14H,7-9H2,1-2H3,(H2,19,20,21,22)/t14-/m1/s1. The first-order chi connectivity index (χ1) is 12.4. The van der Waals surface area contributed by atoms with Crippen LogP contribution in [0.15, 0.2) is 30.5 Å². The maximum absolute atomic E-state index is 13.1. The number of benzene rings is 1. The van der Waals surface area contributed by atoms with E-state index in [-0.39, 0.29) is 29.4 Å². The Bertz CT molecular complexity index is 779. The maximum Gasteiger partial charge on any atom is 0.329 e. The summed E-state index contributed by atoms with van der Waals surface area (Å²) in [5.41, 5.74) is 0.812. The molecule has 1 aliphatic rings. The molecule has 8 nitrogen and oxygen atoms in total. The van der Waals surface area contributed by atoms with Gasteiger partial charge < -0.3 is 15.5 Å². The fourth-order valence-corrected chi connectivity index (χ4v) is 2.59. The monoisotopic (exact) mass is 360 g/mol. The van der Waals surface area contributed by atoms with Crippen LogP contribution < -0.4 is 10.6 Å². The number of halogens is 1. The first-order valence-electron chi connectivity index (χ1n) is 8.38. The Morgan fingerprint density at radius 1 is 1.35 bits per heavy atom. The lowest BCUT2D eigenvalue weighted by molar-refractivity contribution is -0.384. The summed E-state index contributed by atoms with van der Waals surface area (Å²) in [5, 5.41) is 17.3. The van der Waals surface area contributed by atoms with Gasteiger partial charge in [0.15, 0.2) is 0 Å². The van der Waals surface area contributed by atoms with Crippen molar-refractivity contribution in [3.05, 3.63) is 52.0 Å². The Kier molecular flexibility index (Phi) is 5.27. The Morgan fingerprint density at radius 2 is 2.04 bits per heavy atom. The van der Waals surface area contributed by atoms with Crippen LogP contribution in [0.3, 0.4) is 0 Å². The van der Waals surface area contributed by atoms with Gasteiger partial charge >= 0.3 is 5.69 Å². The summed E-state index contributed by atoms with van der Waals surface area (Å²) in [6.45, 7) is 0.472. The summed E-state index contributed by atoms with van der Waals surface area (Å²) in [5.74, 6) is 0.264. The van der Waals surface area contributed by atoms with E-state index < -0.39 is 4.92 Å². The van der Waals surface area contributed by atoms with Crippen LogP contribution in [0, 0.1) is 15.9 Å². The highest BCUT2D eigenvalue weighted by molar-refractivity contribution is 5.58. The second-order valence-electron chi connectivity index (χ2n) is 6.52. The second kappa shape index (κ2) is 7.61. The molecule has 1 aromatic carbocycles. The molecule has 2 N–H and O–H groups in total.